The maximum absolute atomic E-state index is 12.4. The van der Waals surface area contributed by atoms with Crippen LogP contribution in [0.1, 0.15) is 35.4 Å². The van der Waals surface area contributed by atoms with Crippen LogP contribution in [0, 0.1) is 12.8 Å². The second kappa shape index (κ2) is 4.72. The quantitative estimate of drug-likeness (QED) is 0.830. The number of nitrogens with zero attached hydrogens (tertiary/aromatic N) is 1. The Morgan fingerprint density at radius 1 is 1.47 bits per heavy atom. The molecule has 3 heterocycles. The number of aryl methyl sites for hydroxylation is 1. The Kier molecular flexibility index (Phi) is 3.05. The van der Waals surface area contributed by atoms with Crippen LogP contribution in [0.5, 0.6) is 0 Å². The summed E-state index contributed by atoms with van der Waals surface area (Å²) in [5.74, 6) is 1.17. The lowest BCUT2D eigenvalue weighted by Crippen LogP contribution is -2.39. The zero-order valence-corrected chi connectivity index (χ0v) is 11.0. The van der Waals surface area contributed by atoms with Gasteiger partial charge in [-0.25, -0.2) is 0 Å². The van der Waals surface area contributed by atoms with E-state index in [-0.39, 0.29) is 17.9 Å². The Hall–Kier alpha value is -1.78. The number of likely N-dealkylation sites (tertiary alicyclic amines) is 1. The first-order chi connectivity index (χ1) is 9.15. The molecule has 1 aromatic heterocycles. The van der Waals surface area contributed by atoms with Gasteiger partial charge in [-0.05, 0) is 31.7 Å². The molecule has 0 unspecified atom stereocenters. The van der Waals surface area contributed by atoms with E-state index in [0.717, 1.165) is 19.4 Å². The minimum Gasteiger partial charge on any atom is -0.469 e. The summed E-state index contributed by atoms with van der Waals surface area (Å²) in [6.45, 7) is 3.14. The number of carbonyl (C=O) groups excluding carboxylic acids is 2. The second-order valence-electron chi connectivity index (χ2n) is 5.43. The van der Waals surface area contributed by atoms with Gasteiger partial charge < -0.3 is 14.6 Å². The fourth-order valence-corrected chi connectivity index (χ4v) is 3.07. The van der Waals surface area contributed by atoms with E-state index in [1.807, 2.05) is 4.90 Å². The van der Waals surface area contributed by atoms with Gasteiger partial charge in [0.05, 0.1) is 17.9 Å². The van der Waals surface area contributed by atoms with E-state index in [4.69, 9.17) is 4.42 Å². The molecule has 2 saturated heterocycles. The maximum Gasteiger partial charge on any atom is 0.257 e. The first-order valence-corrected chi connectivity index (χ1v) is 6.78. The summed E-state index contributed by atoms with van der Waals surface area (Å²) < 4.78 is 5.18. The third kappa shape index (κ3) is 2.25. The molecule has 5 heteroatoms. The summed E-state index contributed by atoms with van der Waals surface area (Å²) >= 11 is 0. The number of carbonyl (C=O) groups is 2. The van der Waals surface area contributed by atoms with Crippen LogP contribution in [0.4, 0.5) is 0 Å². The predicted molar refractivity (Wildman–Crippen MR) is 68.6 cm³/mol. The molecule has 1 aromatic rings. The molecule has 0 aliphatic carbocycles. The minimum atomic E-state index is 0.00794. The number of amides is 2. The van der Waals surface area contributed by atoms with Gasteiger partial charge in [-0.3, -0.25) is 9.59 Å². The van der Waals surface area contributed by atoms with Gasteiger partial charge in [-0.1, -0.05) is 0 Å². The molecule has 5 nitrogen and oxygen atoms in total. The van der Waals surface area contributed by atoms with Crippen molar-refractivity contribution in [2.75, 3.05) is 13.1 Å². The van der Waals surface area contributed by atoms with Crippen molar-refractivity contribution in [1.82, 2.24) is 10.2 Å². The van der Waals surface area contributed by atoms with Crippen LogP contribution in [0.15, 0.2) is 16.7 Å². The fourth-order valence-electron chi connectivity index (χ4n) is 3.07. The molecule has 1 N–H and O–H groups in total. The van der Waals surface area contributed by atoms with Gasteiger partial charge in [-0.2, -0.15) is 0 Å². The van der Waals surface area contributed by atoms with E-state index in [9.17, 15) is 9.59 Å². The monoisotopic (exact) mass is 262 g/mol. The highest BCUT2D eigenvalue weighted by Crippen LogP contribution is 2.27. The molecule has 19 heavy (non-hydrogen) atoms. The maximum atomic E-state index is 12.4. The predicted octanol–water partition coefficient (Wildman–Crippen LogP) is 1.33. The van der Waals surface area contributed by atoms with Crippen LogP contribution in [0.3, 0.4) is 0 Å². The van der Waals surface area contributed by atoms with Crippen molar-refractivity contribution in [2.45, 2.75) is 32.2 Å². The molecule has 2 aliphatic rings. The van der Waals surface area contributed by atoms with Crippen LogP contribution in [0.2, 0.25) is 0 Å². The number of rotatable bonds is 1. The Bertz CT molecular complexity index is 509. The van der Waals surface area contributed by atoms with Crippen molar-refractivity contribution in [1.29, 1.82) is 0 Å². The third-order valence-electron chi connectivity index (χ3n) is 4.14. The zero-order chi connectivity index (χ0) is 13.4. The summed E-state index contributed by atoms with van der Waals surface area (Å²) in [6, 6.07) is 1.83. The Morgan fingerprint density at radius 3 is 3.05 bits per heavy atom. The van der Waals surface area contributed by atoms with Gasteiger partial charge in [0.1, 0.15) is 5.76 Å². The molecule has 2 amide bonds. The van der Waals surface area contributed by atoms with Crippen molar-refractivity contribution in [2.24, 2.45) is 5.92 Å². The van der Waals surface area contributed by atoms with Gasteiger partial charge in [0.2, 0.25) is 5.91 Å². The van der Waals surface area contributed by atoms with E-state index in [1.54, 1.807) is 19.3 Å². The van der Waals surface area contributed by atoms with Crippen LogP contribution in [-0.2, 0) is 4.79 Å². The number of hydrogen-bond donors (Lipinski definition) is 1. The number of nitrogens with one attached hydrogen (secondary N) is 1. The molecule has 0 bridgehead atoms. The summed E-state index contributed by atoms with van der Waals surface area (Å²) in [5, 5.41) is 3.03. The fraction of sp³-hybridized carbons (Fsp3) is 0.571. The average molecular weight is 262 g/mol. The van der Waals surface area contributed by atoms with E-state index in [1.165, 1.54) is 0 Å². The lowest BCUT2D eigenvalue weighted by atomic mass is 9.99. The number of fused-ring (bicyclic) bond motifs is 1. The van der Waals surface area contributed by atoms with E-state index in [0.29, 0.717) is 30.2 Å². The summed E-state index contributed by atoms with van der Waals surface area (Å²) in [4.78, 5) is 25.8. The smallest absolute Gasteiger partial charge is 0.257 e. The summed E-state index contributed by atoms with van der Waals surface area (Å²) in [5.41, 5.74) is 0.628. The molecule has 102 valence electrons. The normalized spacial score (nSPS) is 26.8. The lowest BCUT2D eigenvalue weighted by Gasteiger charge is -2.16. The Labute approximate surface area is 111 Å². The highest BCUT2D eigenvalue weighted by atomic mass is 16.3. The SMILES string of the molecule is Cc1occc1C(=O)N1C[C@H]2CCCC(=O)N[C@H]2C1. The van der Waals surface area contributed by atoms with Gasteiger partial charge >= 0.3 is 0 Å². The molecule has 0 spiro atoms. The molecule has 0 saturated carbocycles. The number of furan rings is 1. The summed E-state index contributed by atoms with van der Waals surface area (Å²) in [6.07, 6.45) is 4.08. The standard InChI is InChI=1S/C14H18N2O3/c1-9-11(5-6-19-9)14(18)16-7-10-3-2-4-13(17)15-12(10)8-16/h5-6,10,12H,2-4,7-8H2,1H3,(H,15,17)/t10-,12+/m1/s1. The molecule has 3 rings (SSSR count). The molecule has 0 radical (unpaired) electrons. The highest BCUT2D eigenvalue weighted by Gasteiger charge is 2.37. The lowest BCUT2D eigenvalue weighted by molar-refractivity contribution is -0.121. The van der Waals surface area contributed by atoms with Crippen LogP contribution >= 0.6 is 0 Å². The van der Waals surface area contributed by atoms with Crippen molar-refractivity contribution in [3.05, 3.63) is 23.7 Å². The van der Waals surface area contributed by atoms with Gasteiger partial charge in [0, 0.05) is 19.5 Å². The first kappa shape index (κ1) is 12.3. The average Bonchev–Trinajstić information content (AvgIpc) is 2.92. The summed E-state index contributed by atoms with van der Waals surface area (Å²) in [7, 11) is 0. The van der Waals surface area contributed by atoms with Crippen molar-refractivity contribution in [3.8, 4) is 0 Å². The van der Waals surface area contributed by atoms with Gasteiger partial charge in [0.15, 0.2) is 0 Å². The molecule has 2 aliphatic heterocycles. The molecule has 2 atom stereocenters. The molecular formula is C14H18N2O3. The van der Waals surface area contributed by atoms with E-state index in [2.05, 4.69) is 5.32 Å². The van der Waals surface area contributed by atoms with Crippen LogP contribution in [-0.4, -0.2) is 35.8 Å². The van der Waals surface area contributed by atoms with Crippen molar-refractivity contribution < 1.29 is 14.0 Å². The second-order valence-corrected chi connectivity index (χ2v) is 5.43. The van der Waals surface area contributed by atoms with Crippen LogP contribution < -0.4 is 5.32 Å². The first-order valence-electron chi connectivity index (χ1n) is 6.78. The van der Waals surface area contributed by atoms with Gasteiger partial charge in [-0.15, -0.1) is 0 Å². The Balaban J connectivity index is 1.73. The van der Waals surface area contributed by atoms with Crippen molar-refractivity contribution in [3.63, 3.8) is 0 Å². The molecular weight excluding hydrogens is 244 g/mol. The topological polar surface area (TPSA) is 62.6 Å². The van der Waals surface area contributed by atoms with Crippen molar-refractivity contribution >= 4 is 11.8 Å². The molecule has 2 fully saturated rings. The molecule has 0 aromatic carbocycles. The van der Waals surface area contributed by atoms with Gasteiger partial charge in [0.25, 0.3) is 5.91 Å². The zero-order valence-electron chi connectivity index (χ0n) is 11.0. The van der Waals surface area contributed by atoms with Crippen LogP contribution in [0.25, 0.3) is 0 Å². The largest absolute Gasteiger partial charge is 0.469 e. The minimum absolute atomic E-state index is 0.00794. The highest BCUT2D eigenvalue weighted by molar-refractivity contribution is 5.95. The van der Waals surface area contributed by atoms with E-state index >= 15 is 0 Å². The Morgan fingerprint density at radius 2 is 2.32 bits per heavy atom. The number of hydrogen-bond acceptors (Lipinski definition) is 3. The third-order valence-corrected chi connectivity index (χ3v) is 4.14. The van der Waals surface area contributed by atoms with E-state index < -0.39 is 0 Å².